The van der Waals surface area contributed by atoms with Gasteiger partial charge in [-0.05, 0) is 12.5 Å². The zero-order valence-electron chi connectivity index (χ0n) is 9.41. The van der Waals surface area contributed by atoms with Gasteiger partial charge in [0.05, 0.1) is 13.3 Å². The molecule has 0 radical (unpaired) electrons. The van der Waals surface area contributed by atoms with E-state index in [1.165, 1.54) is 13.2 Å². The zero-order chi connectivity index (χ0) is 12.6. The predicted molar refractivity (Wildman–Crippen MR) is 66.4 cm³/mol. The molecular weight excluding hydrogens is 242 g/mol. The minimum Gasteiger partial charge on any atom is -0.504 e. The number of H-pyrrole nitrogens is 1. The number of rotatable bonds is 2. The number of benzene rings is 1. The standard InChI is InChI=1S/C11H12ClN3O2/c1-5-7(12)3-8(16)10(17-2)9(5)6-4-14-15-11(6)13/h3-4,16H,1-2H3,(H3,13,14,15). The summed E-state index contributed by atoms with van der Waals surface area (Å²) in [6.07, 6.45) is 1.57. The van der Waals surface area contributed by atoms with Gasteiger partial charge in [0.2, 0.25) is 0 Å². The summed E-state index contributed by atoms with van der Waals surface area (Å²) in [4.78, 5) is 0. The number of aromatic hydroxyl groups is 1. The van der Waals surface area contributed by atoms with E-state index >= 15 is 0 Å². The number of aromatic nitrogens is 2. The van der Waals surface area contributed by atoms with E-state index in [4.69, 9.17) is 22.1 Å². The Bertz CT molecular complexity index is 566. The number of phenols is 1. The number of nitrogens with zero attached hydrogens (tertiary/aromatic N) is 1. The van der Waals surface area contributed by atoms with Gasteiger partial charge in [-0.1, -0.05) is 11.6 Å². The van der Waals surface area contributed by atoms with E-state index in [9.17, 15) is 5.11 Å². The van der Waals surface area contributed by atoms with Crippen molar-refractivity contribution in [1.82, 2.24) is 10.2 Å². The molecule has 0 aliphatic rings. The minimum absolute atomic E-state index is 0.0290. The molecule has 0 saturated carbocycles. The predicted octanol–water partition coefficient (Wildman–Crippen LogP) is 2.33. The summed E-state index contributed by atoms with van der Waals surface area (Å²) in [5.74, 6) is 0.701. The first-order chi connectivity index (χ1) is 8.06. The number of nitrogens with two attached hydrogens (primary N) is 1. The molecule has 0 bridgehead atoms. The Morgan fingerprint density at radius 2 is 2.24 bits per heavy atom. The summed E-state index contributed by atoms with van der Waals surface area (Å²) in [7, 11) is 1.47. The number of hydrogen-bond acceptors (Lipinski definition) is 4. The van der Waals surface area contributed by atoms with Gasteiger partial charge in [0.15, 0.2) is 11.5 Å². The van der Waals surface area contributed by atoms with Crippen LogP contribution >= 0.6 is 11.6 Å². The normalized spacial score (nSPS) is 10.5. The summed E-state index contributed by atoms with van der Waals surface area (Å²) in [5, 5.41) is 16.7. The van der Waals surface area contributed by atoms with Crippen molar-refractivity contribution in [3.8, 4) is 22.6 Å². The maximum atomic E-state index is 9.81. The Balaban J connectivity index is 2.80. The molecule has 2 aromatic rings. The lowest BCUT2D eigenvalue weighted by atomic mass is 10.0. The topological polar surface area (TPSA) is 84.2 Å². The van der Waals surface area contributed by atoms with E-state index in [0.717, 1.165) is 5.56 Å². The molecule has 0 aliphatic carbocycles. The van der Waals surface area contributed by atoms with Gasteiger partial charge in [0.25, 0.3) is 0 Å². The van der Waals surface area contributed by atoms with Gasteiger partial charge < -0.3 is 15.6 Å². The van der Waals surface area contributed by atoms with Gasteiger partial charge in [-0.3, -0.25) is 5.10 Å². The minimum atomic E-state index is -0.0290. The lowest BCUT2D eigenvalue weighted by Gasteiger charge is -2.14. The molecule has 2 rings (SSSR count). The lowest BCUT2D eigenvalue weighted by Crippen LogP contribution is -1.95. The second-order valence-electron chi connectivity index (χ2n) is 3.61. The van der Waals surface area contributed by atoms with Crippen LogP contribution in [-0.2, 0) is 0 Å². The van der Waals surface area contributed by atoms with Gasteiger partial charge in [-0.25, -0.2) is 0 Å². The highest BCUT2D eigenvalue weighted by atomic mass is 35.5. The number of ether oxygens (including phenoxy) is 1. The Morgan fingerprint density at radius 1 is 1.53 bits per heavy atom. The number of hydrogen-bond donors (Lipinski definition) is 3. The number of nitrogens with one attached hydrogen (secondary N) is 1. The van der Waals surface area contributed by atoms with Crippen LogP contribution < -0.4 is 10.5 Å². The van der Waals surface area contributed by atoms with Crippen LogP contribution in [-0.4, -0.2) is 22.4 Å². The van der Waals surface area contributed by atoms with E-state index < -0.39 is 0 Å². The first-order valence-electron chi connectivity index (χ1n) is 4.91. The van der Waals surface area contributed by atoms with E-state index in [1.54, 1.807) is 6.20 Å². The Kier molecular flexibility index (Phi) is 2.85. The Morgan fingerprint density at radius 3 is 2.76 bits per heavy atom. The van der Waals surface area contributed by atoms with Gasteiger partial charge in [0, 0.05) is 22.2 Å². The van der Waals surface area contributed by atoms with Crippen LogP contribution in [0.2, 0.25) is 5.02 Å². The molecule has 6 heteroatoms. The molecule has 0 amide bonds. The number of anilines is 1. The third kappa shape index (κ3) is 1.78. The molecule has 4 N–H and O–H groups in total. The third-order valence-electron chi connectivity index (χ3n) is 2.60. The summed E-state index contributed by atoms with van der Waals surface area (Å²) < 4.78 is 5.18. The zero-order valence-corrected chi connectivity index (χ0v) is 10.2. The molecule has 90 valence electrons. The summed E-state index contributed by atoms with van der Waals surface area (Å²) >= 11 is 6.03. The van der Waals surface area contributed by atoms with Crippen molar-refractivity contribution in [3.63, 3.8) is 0 Å². The van der Waals surface area contributed by atoms with Crippen molar-refractivity contribution in [2.75, 3.05) is 12.8 Å². The second-order valence-corrected chi connectivity index (χ2v) is 4.02. The molecule has 0 atom stereocenters. The number of phenolic OH excluding ortho intramolecular Hbond substituents is 1. The summed E-state index contributed by atoms with van der Waals surface area (Å²) in [5.41, 5.74) is 7.83. The van der Waals surface area contributed by atoms with Crippen molar-refractivity contribution in [3.05, 3.63) is 22.8 Å². The number of aromatic amines is 1. The lowest BCUT2D eigenvalue weighted by molar-refractivity contribution is 0.375. The van der Waals surface area contributed by atoms with Crippen molar-refractivity contribution in [1.29, 1.82) is 0 Å². The fourth-order valence-electron chi connectivity index (χ4n) is 1.74. The van der Waals surface area contributed by atoms with Crippen LogP contribution in [0.4, 0.5) is 5.82 Å². The van der Waals surface area contributed by atoms with E-state index in [0.29, 0.717) is 27.7 Å². The SMILES string of the molecule is COc1c(O)cc(Cl)c(C)c1-c1cn[nH]c1N. The van der Waals surface area contributed by atoms with Crippen LogP contribution in [0, 0.1) is 6.92 Å². The van der Waals surface area contributed by atoms with Crippen molar-refractivity contribution in [2.45, 2.75) is 6.92 Å². The molecule has 0 unspecified atom stereocenters. The number of methoxy groups -OCH3 is 1. The van der Waals surface area contributed by atoms with Crippen LogP contribution in [0.3, 0.4) is 0 Å². The average molecular weight is 254 g/mol. The fourth-order valence-corrected chi connectivity index (χ4v) is 1.94. The van der Waals surface area contributed by atoms with Gasteiger partial charge >= 0.3 is 0 Å². The Labute approximate surface area is 103 Å². The smallest absolute Gasteiger partial charge is 0.168 e. The summed E-state index contributed by atoms with van der Waals surface area (Å²) in [6.45, 7) is 1.83. The molecule has 5 nitrogen and oxygen atoms in total. The molecule has 1 heterocycles. The van der Waals surface area contributed by atoms with E-state index in [2.05, 4.69) is 10.2 Å². The molecular formula is C11H12ClN3O2. The first-order valence-corrected chi connectivity index (χ1v) is 5.29. The van der Waals surface area contributed by atoms with Crippen LogP contribution in [0.5, 0.6) is 11.5 Å². The molecule has 0 aliphatic heterocycles. The van der Waals surface area contributed by atoms with Crippen LogP contribution in [0.15, 0.2) is 12.3 Å². The largest absolute Gasteiger partial charge is 0.504 e. The first kappa shape index (κ1) is 11.6. The number of halogens is 1. The van der Waals surface area contributed by atoms with E-state index in [-0.39, 0.29) is 5.75 Å². The fraction of sp³-hybridized carbons (Fsp3) is 0.182. The Hall–Kier alpha value is -1.88. The molecule has 0 saturated heterocycles. The van der Waals surface area contributed by atoms with Crippen molar-refractivity contribution in [2.24, 2.45) is 0 Å². The van der Waals surface area contributed by atoms with Crippen molar-refractivity contribution >= 4 is 17.4 Å². The van der Waals surface area contributed by atoms with Crippen LogP contribution in [0.1, 0.15) is 5.56 Å². The molecule has 0 fully saturated rings. The van der Waals surface area contributed by atoms with Crippen molar-refractivity contribution < 1.29 is 9.84 Å². The maximum absolute atomic E-state index is 9.81. The van der Waals surface area contributed by atoms with Gasteiger partial charge in [-0.15, -0.1) is 0 Å². The van der Waals surface area contributed by atoms with Crippen LogP contribution in [0.25, 0.3) is 11.1 Å². The van der Waals surface area contributed by atoms with Gasteiger partial charge in [-0.2, -0.15) is 5.10 Å². The summed E-state index contributed by atoms with van der Waals surface area (Å²) in [6, 6.07) is 1.44. The number of nitrogen functional groups attached to an aromatic ring is 1. The molecule has 1 aromatic carbocycles. The molecule has 1 aromatic heterocycles. The third-order valence-corrected chi connectivity index (χ3v) is 2.99. The quantitative estimate of drug-likeness (QED) is 0.767. The highest BCUT2D eigenvalue weighted by Crippen LogP contribution is 2.44. The highest BCUT2D eigenvalue weighted by Gasteiger charge is 2.19. The maximum Gasteiger partial charge on any atom is 0.168 e. The average Bonchev–Trinajstić information content (AvgIpc) is 2.69. The van der Waals surface area contributed by atoms with Gasteiger partial charge in [0.1, 0.15) is 5.82 Å². The monoisotopic (exact) mass is 253 g/mol. The molecule has 17 heavy (non-hydrogen) atoms. The highest BCUT2D eigenvalue weighted by molar-refractivity contribution is 6.32. The molecule has 0 spiro atoms. The van der Waals surface area contributed by atoms with E-state index in [1.807, 2.05) is 6.92 Å². The second kappa shape index (κ2) is 4.18.